The van der Waals surface area contributed by atoms with Crippen molar-refractivity contribution in [3.63, 3.8) is 0 Å². The van der Waals surface area contributed by atoms with Gasteiger partial charge in [-0.25, -0.2) is 9.82 Å². The van der Waals surface area contributed by atoms with Crippen molar-refractivity contribution in [1.82, 2.24) is 10.4 Å². The number of nitrogens with one attached hydrogen (secondary N) is 1. The number of halogens is 1. The van der Waals surface area contributed by atoms with Crippen molar-refractivity contribution in [2.75, 3.05) is 0 Å². The van der Waals surface area contributed by atoms with Crippen LogP contribution in [-0.4, -0.2) is 21.7 Å². The summed E-state index contributed by atoms with van der Waals surface area (Å²) in [5.41, 5.74) is 3.96. The quantitative estimate of drug-likeness (QED) is 0.665. The number of pyridine rings is 1. The van der Waals surface area contributed by atoms with Crippen molar-refractivity contribution in [2.24, 2.45) is 5.10 Å². The van der Waals surface area contributed by atoms with Crippen molar-refractivity contribution >= 4 is 11.6 Å². The van der Waals surface area contributed by atoms with Crippen LogP contribution in [0.25, 0.3) is 0 Å². The lowest BCUT2D eigenvalue weighted by Gasteiger charge is -2.09. The highest BCUT2D eigenvalue weighted by Crippen LogP contribution is 2.13. The van der Waals surface area contributed by atoms with Crippen LogP contribution in [0.2, 0.25) is 0 Å². The van der Waals surface area contributed by atoms with Crippen LogP contribution in [0.3, 0.4) is 0 Å². The second kappa shape index (κ2) is 6.71. The highest BCUT2D eigenvalue weighted by Gasteiger charge is 2.16. The summed E-state index contributed by atoms with van der Waals surface area (Å²) in [4.78, 5) is 15.7. The molecule has 0 aliphatic carbocycles. The number of carbonyl (C=O) groups excluding carboxylic acids is 1. The molecule has 1 unspecified atom stereocenters. The number of hydrazone groups is 1. The molecule has 1 atom stereocenters. The fraction of sp³-hybridized carbons (Fsp3) is 0.133. The molecule has 1 amide bonds. The van der Waals surface area contributed by atoms with Crippen molar-refractivity contribution in [1.29, 1.82) is 0 Å². The van der Waals surface area contributed by atoms with Gasteiger partial charge in [-0.1, -0.05) is 12.1 Å². The zero-order chi connectivity index (χ0) is 15.2. The molecule has 2 rings (SSSR count). The zero-order valence-electron chi connectivity index (χ0n) is 11.3. The number of amides is 1. The SMILES string of the molecule is C/C(=N\NC(=O)C(O)c1ccc(F)cc1)c1ccncc1. The van der Waals surface area contributed by atoms with Crippen LogP contribution < -0.4 is 5.43 Å². The number of aromatic nitrogens is 1. The Morgan fingerprint density at radius 3 is 2.48 bits per heavy atom. The Hall–Kier alpha value is -2.60. The van der Waals surface area contributed by atoms with E-state index in [0.717, 1.165) is 5.56 Å². The third kappa shape index (κ3) is 3.93. The van der Waals surface area contributed by atoms with Gasteiger partial charge in [-0.3, -0.25) is 9.78 Å². The Morgan fingerprint density at radius 2 is 1.86 bits per heavy atom. The van der Waals surface area contributed by atoms with E-state index < -0.39 is 17.8 Å². The van der Waals surface area contributed by atoms with Gasteiger partial charge in [-0.15, -0.1) is 0 Å². The first kappa shape index (κ1) is 14.8. The summed E-state index contributed by atoms with van der Waals surface area (Å²) in [6.45, 7) is 1.72. The Labute approximate surface area is 121 Å². The lowest BCUT2D eigenvalue weighted by molar-refractivity contribution is -0.129. The molecule has 0 aliphatic heterocycles. The average Bonchev–Trinajstić information content (AvgIpc) is 2.53. The predicted molar refractivity (Wildman–Crippen MR) is 76.0 cm³/mol. The molecule has 1 aromatic carbocycles. The molecule has 0 saturated heterocycles. The molecule has 0 spiro atoms. The van der Waals surface area contributed by atoms with Crippen molar-refractivity contribution < 1.29 is 14.3 Å². The first-order valence-corrected chi connectivity index (χ1v) is 6.26. The monoisotopic (exact) mass is 287 g/mol. The summed E-state index contributed by atoms with van der Waals surface area (Å²) >= 11 is 0. The molecule has 6 heteroatoms. The topological polar surface area (TPSA) is 74.6 Å². The van der Waals surface area contributed by atoms with Gasteiger partial charge in [0.2, 0.25) is 0 Å². The molecule has 108 valence electrons. The zero-order valence-corrected chi connectivity index (χ0v) is 11.3. The van der Waals surface area contributed by atoms with E-state index in [0.29, 0.717) is 11.3 Å². The van der Waals surface area contributed by atoms with Crippen LogP contribution in [-0.2, 0) is 4.79 Å². The van der Waals surface area contributed by atoms with Gasteiger partial charge in [0.15, 0.2) is 6.10 Å². The number of benzene rings is 1. The molecule has 2 aromatic rings. The average molecular weight is 287 g/mol. The molecule has 0 radical (unpaired) electrons. The van der Waals surface area contributed by atoms with Crippen LogP contribution in [0.4, 0.5) is 4.39 Å². The number of aliphatic hydroxyl groups is 1. The smallest absolute Gasteiger partial charge is 0.273 e. The number of hydrogen-bond donors (Lipinski definition) is 2. The Balaban J connectivity index is 2.03. The van der Waals surface area contributed by atoms with Crippen LogP contribution >= 0.6 is 0 Å². The van der Waals surface area contributed by atoms with Crippen molar-refractivity contribution in [2.45, 2.75) is 13.0 Å². The molecule has 1 aromatic heterocycles. The van der Waals surface area contributed by atoms with Crippen LogP contribution in [0, 0.1) is 5.82 Å². The number of aliphatic hydroxyl groups excluding tert-OH is 1. The molecular weight excluding hydrogens is 273 g/mol. The third-order valence-electron chi connectivity index (χ3n) is 2.87. The minimum absolute atomic E-state index is 0.297. The van der Waals surface area contributed by atoms with E-state index in [4.69, 9.17) is 0 Å². The first-order chi connectivity index (χ1) is 10.1. The van der Waals surface area contributed by atoms with Gasteiger partial charge in [-0.2, -0.15) is 5.10 Å². The summed E-state index contributed by atoms with van der Waals surface area (Å²) in [6.07, 6.45) is 1.83. The van der Waals surface area contributed by atoms with Gasteiger partial charge in [0.1, 0.15) is 5.82 Å². The normalized spacial score (nSPS) is 12.8. The molecule has 0 saturated carbocycles. The molecule has 0 aliphatic rings. The van der Waals surface area contributed by atoms with E-state index in [1.165, 1.54) is 24.3 Å². The maximum Gasteiger partial charge on any atom is 0.273 e. The van der Waals surface area contributed by atoms with E-state index >= 15 is 0 Å². The largest absolute Gasteiger partial charge is 0.378 e. The molecular formula is C15H14FN3O2. The minimum atomic E-state index is -1.40. The minimum Gasteiger partial charge on any atom is -0.378 e. The van der Waals surface area contributed by atoms with Gasteiger partial charge < -0.3 is 5.11 Å². The Bertz CT molecular complexity index is 642. The van der Waals surface area contributed by atoms with E-state index in [2.05, 4.69) is 15.5 Å². The van der Waals surface area contributed by atoms with Crippen LogP contribution in [0.5, 0.6) is 0 Å². The maximum absolute atomic E-state index is 12.8. The van der Waals surface area contributed by atoms with E-state index in [9.17, 15) is 14.3 Å². The molecule has 0 bridgehead atoms. The van der Waals surface area contributed by atoms with Crippen LogP contribution in [0.15, 0.2) is 53.9 Å². The molecule has 5 nitrogen and oxygen atoms in total. The van der Waals surface area contributed by atoms with Crippen molar-refractivity contribution in [3.8, 4) is 0 Å². The fourth-order valence-electron chi connectivity index (χ4n) is 1.65. The standard InChI is InChI=1S/C15H14FN3O2/c1-10(11-6-8-17-9-7-11)18-19-15(21)14(20)12-2-4-13(16)5-3-12/h2-9,14,20H,1H3,(H,19,21)/b18-10+. The lowest BCUT2D eigenvalue weighted by Crippen LogP contribution is -2.26. The highest BCUT2D eigenvalue weighted by molar-refractivity contribution is 5.99. The molecule has 21 heavy (non-hydrogen) atoms. The summed E-state index contributed by atoms with van der Waals surface area (Å²) in [6, 6.07) is 8.55. The molecule has 2 N–H and O–H groups in total. The van der Waals surface area contributed by atoms with Crippen LogP contribution in [0.1, 0.15) is 24.2 Å². The van der Waals surface area contributed by atoms with E-state index in [1.807, 2.05) is 0 Å². The lowest BCUT2D eigenvalue weighted by atomic mass is 10.1. The second-order valence-electron chi connectivity index (χ2n) is 4.36. The summed E-state index contributed by atoms with van der Waals surface area (Å²) in [7, 11) is 0. The second-order valence-corrected chi connectivity index (χ2v) is 4.36. The summed E-state index contributed by atoms with van der Waals surface area (Å²) in [5.74, 6) is -1.12. The summed E-state index contributed by atoms with van der Waals surface area (Å²) in [5, 5.41) is 13.8. The van der Waals surface area contributed by atoms with Gasteiger partial charge >= 0.3 is 0 Å². The number of nitrogens with zero attached hydrogens (tertiary/aromatic N) is 2. The summed E-state index contributed by atoms with van der Waals surface area (Å²) < 4.78 is 12.8. The van der Waals surface area contributed by atoms with Gasteiger partial charge in [0, 0.05) is 18.0 Å². The Kier molecular flexibility index (Phi) is 4.73. The van der Waals surface area contributed by atoms with E-state index in [1.54, 1.807) is 31.5 Å². The highest BCUT2D eigenvalue weighted by atomic mass is 19.1. The maximum atomic E-state index is 12.8. The third-order valence-corrected chi connectivity index (χ3v) is 2.87. The number of hydrogen-bond acceptors (Lipinski definition) is 4. The van der Waals surface area contributed by atoms with Gasteiger partial charge in [0.05, 0.1) is 5.71 Å². The van der Waals surface area contributed by atoms with Crippen molar-refractivity contribution in [3.05, 3.63) is 65.7 Å². The first-order valence-electron chi connectivity index (χ1n) is 6.26. The Morgan fingerprint density at radius 1 is 1.24 bits per heavy atom. The number of rotatable bonds is 4. The molecule has 0 fully saturated rings. The molecule has 1 heterocycles. The van der Waals surface area contributed by atoms with Gasteiger partial charge in [-0.05, 0) is 36.8 Å². The van der Waals surface area contributed by atoms with Gasteiger partial charge in [0.25, 0.3) is 5.91 Å². The predicted octanol–water partition coefficient (Wildman–Crippen LogP) is 1.79. The fourth-order valence-corrected chi connectivity index (χ4v) is 1.65. The number of carbonyl (C=O) groups is 1. The van der Waals surface area contributed by atoms with E-state index in [-0.39, 0.29) is 0 Å².